The van der Waals surface area contributed by atoms with Gasteiger partial charge in [-0.15, -0.1) is 10.2 Å². The molecule has 0 spiro atoms. The summed E-state index contributed by atoms with van der Waals surface area (Å²) in [5.41, 5.74) is 7.43. The third-order valence-electron chi connectivity index (χ3n) is 5.14. The third-order valence-corrected chi connectivity index (χ3v) is 5.14. The van der Waals surface area contributed by atoms with Crippen molar-refractivity contribution >= 4 is 11.6 Å². The van der Waals surface area contributed by atoms with E-state index in [-0.39, 0.29) is 19.1 Å². The van der Waals surface area contributed by atoms with Crippen LogP contribution in [0.3, 0.4) is 0 Å². The van der Waals surface area contributed by atoms with Crippen LogP contribution in [-0.4, -0.2) is 37.6 Å². The minimum Gasteiger partial charge on any atom is -0.471 e. The predicted octanol–water partition coefficient (Wildman–Crippen LogP) is 2.81. The first-order valence-corrected chi connectivity index (χ1v) is 11.0. The average molecular weight is 461 g/mol. The number of benzene rings is 1. The SMILES string of the molecule is CC(C)(N)C(=O)N[C@H](COCc1ccccc1)c1nnc2cccc(COc3ccccn3)n12. The molecule has 0 aliphatic carbocycles. The lowest BCUT2D eigenvalue weighted by molar-refractivity contribution is -0.126. The van der Waals surface area contributed by atoms with Gasteiger partial charge in [0.1, 0.15) is 12.6 Å². The van der Waals surface area contributed by atoms with Crippen LogP contribution in [0.2, 0.25) is 0 Å². The van der Waals surface area contributed by atoms with Gasteiger partial charge in [-0.2, -0.15) is 0 Å². The van der Waals surface area contributed by atoms with Crippen LogP contribution in [0.1, 0.15) is 37.0 Å². The summed E-state index contributed by atoms with van der Waals surface area (Å²) in [6, 6.07) is 20.4. The molecule has 3 N–H and O–H groups in total. The lowest BCUT2D eigenvalue weighted by Crippen LogP contribution is -2.51. The zero-order valence-corrected chi connectivity index (χ0v) is 19.2. The number of fused-ring (bicyclic) bond motifs is 1. The Morgan fingerprint density at radius 2 is 1.82 bits per heavy atom. The van der Waals surface area contributed by atoms with Crippen molar-refractivity contribution in [1.82, 2.24) is 24.9 Å². The highest BCUT2D eigenvalue weighted by atomic mass is 16.5. The lowest BCUT2D eigenvalue weighted by Gasteiger charge is -2.24. The maximum atomic E-state index is 12.8. The minimum absolute atomic E-state index is 0.187. The second-order valence-electron chi connectivity index (χ2n) is 8.47. The van der Waals surface area contributed by atoms with Gasteiger partial charge in [-0.25, -0.2) is 4.98 Å². The molecule has 0 fully saturated rings. The van der Waals surface area contributed by atoms with Crippen LogP contribution in [-0.2, 0) is 22.7 Å². The molecule has 3 heterocycles. The number of hydrogen-bond donors (Lipinski definition) is 2. The molecular formula is C25H28N6O3. The number of carbonyl (C=O) groups is 1. The van der Waals surface area contributed by atoms with E-state index < -0.39 is 11.6 Å². The highest BCUT2D eigenvalue weighted by molar-refractivity contribution is 5.85. The number of aromatic nitrogens is 4. The molecule has 4 rings (SSSR count). The number of ether oxygens (including phenoxy) is 2. The van der Waals surface area contributed by atoms with Gasteiger partial charge in [0.25, 0.3) is 0 Å². The van der Waals surface area contributed by atoms with Gasteiger partial charge >= 0.3 is 0 Å². The summed E-state index contributed by atoms with van der Waals surface area (Å²) >= 11 is 0. The van der Waals surface area contributed by atoms with Gasteiger partial charge in [-0.05, 0) is 37.6 Å². The second kappa shape index (κ2) is 10.4. The van der Waals surface area contributed by atoms with Crippen molar-refractivity contribution < 1.29 is 14.3 Å². The molecule has 0 bridgehead atoms. The summed E-state index contributed by atoms with van der Waals surface area (Å²) in [4.78, 5) is 17.0. The van der Waals surface area contributed by atoms with E-state index in [2.05, 4.69) is 20.5 Å². The van der Waals surface area contributed by atoms with Crippen LogP contribution >= 0.6 is 0 Å². The Morgan fingerprint density at radius 3 is 2.56 bits per heavy atom. The van der Waals surface area contributed by atoms with E-state index in [4.69, 9.17) is 15.2 Å². The van der Waals surface area contributed by atoms with Gasteiger partial charge in [-0.3, -0.25) is 9.20 Å². The van der Waals surface area contributed by atoms with Crippen LogP contribution < -0.4 is 15.8 Å². The minimum atomic E-state index is -1.07. The highest BCUT2D eigenvalue weighted by Crippen LogP contribution is 2.19. The molecule has 9 heteroatoms. The maximum Gasteiger partial charge on any atom is 0.240 e. The molecule has 1 atom stereocenters. The van der Waals surface area contributed by atoms with Crippen LogP contribution in [0.4, 0.5) is 0 Å². The Kier molecular flexibility index (Phi) is 7.15. The van der Waals surface area contributed by atoms with Gasteiger partial charge in [-0.1, -0.05) is 42.5 Å². The smallest absolute Gasteiger partial charge is 0.240 e. The standard InChI is InChI=1S/C25H28N6O3/c1-25(2,26)24(32)28-20(17-33-15-18-9-4-3-5-10-18)23-30-29-21-12-8-11-19(31(21)23)16-34-22-13-6-7-14-27-22/h3-14,20H,15-17,26H2,1-2H3,(H,28,32)/t20-/m1/s1. The molecule has 9 nitrogen and oxygen atoms in total. The predicted molar refractivity (Wildman–Crippen MR) is 127 cm³/mol. The average Bonchev–Trinajstić information content (AvgIpc) is 3.27. The Morgan fingerprint density at radius 1 is 1.03 bits per heavy atom. The highest BCUT2D eigenvalue weighted by Gasteiger charge is 2.28. The molecule has 0 aliphatic rings. The fourth-order valence-electron chi connectivity index (χ4n) is 3.34. The number of pyridine rings is 2. The topological polar surface area (TPSA) is 117 Å². The van der Waals surface area contributed by atoms with E-state index in [9.17, 15) is 4.79 Å². The van der Waals surface area contributed by atoms with Crippen molar-refractivity contribution in [2.24, 2.45) is 5.73 Å². The molecule has 0 radical (unpaired) electrons. The Labute approximate surface area is 197 Å². The van der Waals surface area contributed by atoms with E-state index in [1.807, 2.05) is 65.1 Å². The number of nitrogens with zero attached hydrogens (tertiary/aromatic N) is 4. The van der Waals surface area contributed by atoms with Crippen molar-refractivity contribution in [1.29, 1.82) is 0 Å². The zero-order valence-electron chi connectivity index (χ0n) is 19.2. The van der Waals surface area contributed by atoms with Crippen molar-refractivity contribution in [3.63, 3.8) is 0 Å². The van der Waals surface area contributed by atoms with Gasteiger partial charge in [0.05, 0.1) is 24.4 Å². The molecule has 1 aromatic carbocycles. The summed E-state index contributed by atoms with van der Waals surface area (Å²) in [6.45, 7) is 4.13. The molecule has 0 saturated heterocycles. The molecule has 0 aliphatic heterocycles. The number of nitrogens with one attached hydrogen (secondary N) is 1. The number of carbonyl (C=O) groups excluding carboxylic acids is 1. The summed E-state index contributed by atoms with van der Waals surface area (Å²) in [5, 5.41) is 11.6. The van der Waals surface area contributed by atoms with Gasteiger partial charge in [0.15, 0.2) is 11.5 Å². The Bertz CT molecular complexity index is 1220. The molecule has 0 saturated carbocycles. The van der Waals surface area contributed by atoms with Crippen molar-refractivity contribution in [3.05, 3.63) is 90.0 Å². The molecule has 0 unspecified atom stereocenters. The summed E-state index contributed by atoms with van der Waals surface area (Å²) < 4.78 is 13.7. The third kappa shape index (κ3) is 5.75. The van der Waals surface area contributed by atoms with E-state index >= 15 is 0 Å². The van der Waals surface area contributed by atoms with Gasteiger partial charge < -0.3 is 20.5 Å². The van der Waals surface area contributed by atoms with Crippen molar-refractivity contribution in [3.8, 4) is 5.88 Å². The molecular weight excluding hydrogens is 432 g/mol. The summed E-state index contributed by atoms with van der Waals surface area (Å²) in [6.07, 6.45) is 1.67. The first kappa shape index (κ1) is 23.3. The Balaban J connectivity index is 1.60. The number of nitrogens with two attached hydrogens (primary N) is 1. The maximum absolute atomic E-state index is 12.8. The van der Waals surface area contributed by atoms with Crippen LogP contribution in [0.5, 0.6) is 5.88 Å². The van der Waals surface area contributed by atoms with Gasteiger partial charge in [0, 0.05) is 12.3 Å². The molecule has 4 aromatic rings. The molecule has 176 valence electrons. The fraction of sp³-hybridized carbons (Fsp3) is 0.280. The first-order valence-electron chi connectivity index (χ1n) is 11.0. The van der Waals surface area contributed by atoms with E-state index in [0.29, 0.717) is 24.0 Å². The van der Waals surface area contributed by atoms with E-state index in [0.717, 1.165) is 11.3 Å². The van der Waals surface area contributed by atoms with Crippen molar-refractivity contribution in [2.75, 3.05) is 6.61 Å². The van der Waals surface area contributed by atoms with E-state index in [1.165, 1.54) is 0 Å². The van der Waals surface area contributed by atoms with E-state index in [1.54, 1.807) is 26.1 Å². The van der Waals surface area contributed by atoms with Crippen molar-refractivity contribution in [2.45, 2.75) is 38.6 Å². The normalized spacial score (nSPS) is 12.4. The second-order valence-corrected chi connectivity index (χ2v) is 8.47. The number of hydrogen-bond acceptors (Lipinski definition) is 7. The van der Waals surface area contributed by atoms with Gasteiger partial charge in [0.2, 0.25) is 11.8 Å². The Hall–Kier alpha value is -3.82. The molecule has 3 aromatic heterocycles. The quantitative estimate of drug-likeness (QED) is 0.374. The number of amides is 1. The zero-order chi connectivity index (χ0) is 24.0. The number of rotatable bonds is 10. The summed E-state index contributed by atoms with van der Waals surface area (Å²) in [7, 11) is 0. The van der Waals surface area contributed by atoms with Crippen LogP contribution in [0.15, 0.2) is 72.9 Å². The molecule has 34 heavy (non-hydrogen) atoms. The lowest BCUT2D eigenvalue weighted by atomic mass is 10.1. The summed E-state index contributed by atoms with van der Waals surface area (Å²) in [5.74, 6) is 0.718. The largest absolute Gasteiger partial charge is 0.471 e. The van der Waals surface area contributed by atoms with Crippen LogP contribution in [0.25, 0.3) is 5.65 Å². The first-order chi connectivity index (χ1) is 16.4. The van der Waals surface area contributed by atoms with Crippen LogP contribution in [0, 0.1) is 0 Å². The molecule has 1 amide bonds. The fourth-order valence-corrected chi connectivity index (χ4v) is 3.34. The monoisotopic (exact) mass is 460 g/mol.